The molecule has 0 unspecified atom stereocenters. The smallest absolute Gasteiger partial charge is 0.257 e. The zero-order chi connectivity index (χ0) is 20.6. The molecule has 2 N–H and O–H groups in total. The van der Waals surface area contributed by atoms with Crippen LogP contribution < -0.4 is 20.3 Å². The molecule has 29 heavy (non-hydrogen) atoms. The van der Waals surface area contributed by atoms with Crippen molar-refractivity contribution in [2.24, 2.45) is 0 Å². The number of aromatic nitrogens is 1. The molecule has 0 saturated carbocycles. The van der Waals surface area contributed by atoms with Crippen LogP contribution in [0.4, 0.5) is 17.2 Å². The number of hydrogen-bond donors (Lipinski definition) is 2. The van der Waals surface area contributed by atoms with Crippen molar-refractivity contribution in [2.45, 2.75) is 6.42 Å². The number of rotatable bonds is 8. The number of hydrogen-bond acceptors (Lipinski definition) is 5. The molecule has 0 aliphatic heterocycles. The Morgan fingerprint density at radius 3 is 2.52 bits per heavy atom. The Morgan fingerprint density at radius 1 is 1.07 bits per heavy atom. The molecule has 0 spiro atoms. The van der Waals surface area contributed by atoms with Gasteiger partial charge in [-0.25, -0.2) is 4.98 Å². The molecule has 0 atom stereocenters. The van der Waals surface area contributed by atoms with Crippen LogP contribution in [-0.2, 0) is 6.42 Å². The lowest BCUT2D eigenvalue weighted by atomic mass is 10.1. The second-order valence-electron chi connectivity index (χ2n) is 6.86. The highest BCUT2D eigenvalue weighted by Crippen LogP contribution is 2.17. The molecule has 0 aliphatic carbocycles. The first kappa shape index (κ1) is 20.2. The second-order valence-corrected chi connectivity index (χ2v) is 6.86. The first-order valence-corrected chi connectivity index (χ1v) is 9.47. The Hall–Kier alpha value is -3.54. The third-order valence-electron chi connectivity index (χ3n) is 4.52. The predicted molar refractivity (Wildman–Crippen MR) is 118 cm³/mol. The average Bonchev–Trinajstić information content (AvgIpc) is 2.74. The summed E-state index contributed by atoms with van der Waals surface area (Å²) in [6.07, 6.45) is 2.43. The fourth-order valence-electron chi connectivity index (χ4n) is 2.84. The van der Waals surface area contributed by atoms with Crippen LogP contribution in [0.3, 0.4) is 0 Å². The summed E-state index contributed by atoms with van der Waals surface area (Å²) in [4.78, 5) is 18.8. The van der Waals surface area contributed by atoms with Crippen molar-refractivity contribution in [3.8, 4) is 5.75 Å². The molecule has 1 amide bonds. The largest absolute Gasteiger partial charge is 0.497 e. The zero-order valence-corrected chi connectivity index (χ0v) is 17.0. The van der Waals surface area contributed by atoms with Crippen LogP contribution in [0.25, 0.3) is 0 Å². The number of ether oxygens (including phenoxy) is 1. The van der Waals surface area contributed by atoms with E-state index in [0.29, 0.717) is 5.56 Å². The predicted octanol–water partition coefficient (Wildman–Crippen LogP) is 4.06. The van der Waals surface area contributed by atoms with Crippen LogP contribution >= 0.6 is 0 Å². The van der Waals surface area contributed by atoms with Crippen molar-refractivity contribution in [1.82, 2.24) is 4.98 Å². The van der Waals surface area contributed by atoms with Gasteiger partial charge in [-0.05, 0) is 60.5 Å². The molecule has 150 valence electrons. The molecule has 0 radical (unpaired) electrons. The van der Waals surface area contributed by atoms with E-state index in [4.69, 9.17) is 4.74 Å². The van der Waals surface area contributed by atoms with Gasteiger partial charge in [-0.3, -0.25) is 4.79 Å². The minimum atomic E-state index is -0.182. The molecule has 0 aliphatic rings. The van der Waals surface area contributed by atoms with E-state index in [-0.39, 0.29) is 5.91 Å². The lowest BCUT2D eigenvalue weighted by Crippen LogP contribution is -2.13. The van der Waals surface area contributed by atoms with Gasteiger partial charge in [0.1, 0.15) is 11.6 Å². The van der Waals surface area contributed by atoms with Gasteiger partial charge in [-0.1, -0.05) is 12.1 Å². The molecule has 0 bridgehead atoms. The maximum atomic E-state index is 12.4. The van der Waals surface area contributed by atoms with Crippen molar-refractivity contribution in [3.63, 3.8) is 0 Å². The third-order valence-corrected chi connectivity index (χ3v) is 4.52. The van der Waals surface area contributed by atoms with Crippen molar-refractivity contribution >= 4 is 23.1 Å². The number of benzene rings is 2. The highest BCUT2D eigenvalue weighted by molar-refractivity contribution is 6.04. The number of carbonyl (C=O) groups is 1. The van der Waals surface area contributed by atoms with Gasteiger partial charge in [0.05, 0.1) is 12.7 Å². The first-order chi connectivity index (χ1) is 14.0. The van der Waals surface area contributed by atoms with Crippen LogP contribution in [0, 0.1) is 0 Å². The number of nitrogens with zero attached hydrogens (tertiary/aromatic N) is 2. The minimum absolute atomic E-state index is 0.182. The van der Waals surface area contributed by atoms with E-state index in [1.54, 1.807) is 19.4 Å². The maximum absolute atomic E-state index is 12.4. The molecule has 0 fully saturated rings. The van der Waals surface area contributed by atoms with Crippen LogP contribution in [0.15, 0.2) is 66.9 Å². The Bertz CT molecular complexity index is 938. The van der Waals surface area contributed by atoms with Crippen LogP contribution in [0.2, 0.25) is 0 Å². The zero-order valence-electron chi connectivity index (χ0n) is 17.0. The van der Waals surface area contributed by atoms with Crippen molar-refractivity contribution in [3.05, 3.63) is 78.0 Å². The summed E-state index contributed by atoms with van der Waals surface area (Å²) in [6.45, 7) is 0.740. The Morgan fingerprint density at radius 2 is 1.86 bits per heavy atom. The average molecular weight is 390 g/mol. The molecule has 6 nitrogen and oxygen atoms in total. The standard InChI is InChI=1S/C23H26N4O2/c1-27(2)20-10-8-19(9-11-20)26-23(28)18-7-12-22(25-16-18)24-14-13-17-5-4-6-21(15-17)29-3/h4-12,15-16H,13-14H2,1-3H3,(H,24,25)(H,26,28). The maximum Gasteiger partial charge on any atom is 0.257 e. The fraction of sp³-hybridized carbons (Fsp3) is 0.217. The highest BCUT2D eigenvalue weighted by Gasteiger charge is 2.07. The van der Waals surface area contributed by atoms with E-state index < -0.39 is 0 Å². The number of methoxy groups -OCH3 is 1. The van der Waals surface area contributed by atoms with E-state index in [1.807, 2.05) is 67.5 Å². The number of amides is 1. The van der Waals surface area contributed by atoms with Gasteiger partial charge in [-0.2, -0.15) is 0 Å². The van der Waals surface area contributed by atoms with E-state index in [0.717, 1.165) is 35.9 Å². The van der Waals surface area contributed by atoms with Crippen molar-refractivity contribution < 1.29 is 9.53 Å². The van der Waals surface area contributed by atoms with Gasteiger partial charge in [0, 0.05) is 38.2 Å². The highest BCUT2D eigenvalue weighted by atomic mass is 16.5. The molecule has 1 heterocycles. The fourth-order valence-corrected chi connectivity index (χ4v) is 2.84. The second kappa shape index (κ2) is 9.59. The Balaban J connectivity index is 1.51. The summed E-state index contributed by atoms with van der Waals surface area (Å²) in [7, 11) is 5.62. The van der Waals surface area contributed by atoms with Crippen LogP contribution in [-0.4, -0.2) is 38.6 Å². The van der Waals surface area contributed by atoms with Gasteiger partial charge in [-0.15, -0.1) is 0 Å². The van der Waals surface area contributed by atoms with Crippen molar-refractivity contribution in [1.29, 1.82) is 0 Å². The van der Waals surface area contributed by atoms with Crippen molar-refractivity contribution in [2.75, 3.05) is 43.3 Å². The minimum Gasteiger partial charge on any atom is -0.497 e. The summed E-state index contributed by atoms with van der Waals surface area (Å²) in [5.74, 6) is 1.41. The first-order valence-electron chi connectivity index (χ1n) is 9.47. The summed E-state index contributed by atoms with van der Waals surface area (Å²) < 4.78 is 5.24. The van der Waals surface area contributed by atoms with Gasteiger partial charge < -0.3 is 20.3 Å². The number of pyridine rings is 1. The topological polar surface area (TPSA) is 66.5 Å². The van der Waals surface area contributed by atoms with Crippen LogP contribution in [0.1, 0.15) is 15.9 Å². The number of anilines is 3. The number of carbonyl (C=O) groups excluding carboxylic acids is 1. The molecule has 0 saturated heterocycles. The molecule has 1 aromatic heterocycles. The molecule has 6 heteroatoms. The normalized spacial score (nSPS) is 10.3. The third kappa shape index (κ3) is 5.72. The summed E-state index contributed by atoms with van der Waals surface area (Å²) >= 11 is 0. The SMILES string of the molecule is COc1cccc(CCNc2ccc(C(=O)Nc3ccc(N(C)C)cc3)cn2)c1. The molecular formula is C23H26N4O2. The molecule has 3 rings (SSSR count). The van der Waals surface area contributed by atoms with Crippen LogP contribution in [0.5, 0.6) is 5.75 Å². The Labute approximate surface area is 171 Å². The van der Waals surface area contributed by atoms with E-state index in [9.17, 15) is 4.79 Å². The quantitative estimate of drug-likeness (QED) is 0.607. The van der Waals surface area contributed by atoms with Gasteiger partial charge >= 0.3 is 0 Å². The number of nitrogens with one attached hydrogen (secondary N) is 2. The lowest BCUT2D eigenvalue weighted by molar-refractivity contribution is 0.102. The van der Waals surface area contributed by atoms with E-state index in [1.165, 1.54) is 5.56 Å². The Kier molecular flexibility index (Phi) is 6.68. The van der Waals surface area contributed by atoms with E-state index >= 15 is 0 Å². The molecule has 3 aromatic rings. The summed E-state index contributed by atoms with van der Waals surface area (Å²) in [5, 5.41) is 6.16. The van der Waals surface area contributed by atoms with Gasteiger partial charge in [0.15, 0.2) is 0 Å². The van der Waals surface area contributed by atoms with Gasteiger partial charge in [0.25, 0.3) is 5.91 Å². The summed E-state index contributed by atoms with van der Waals surface area (Å²) in [5.41, 5.74) is 3.53. The lowest BCUT2D eigenvalue weighted by Gasteiger charge is -2.13. The molecular weight excluding hydrogens is 364 g/mol. The van der Waals surface area contributed by atoms with Gasteiger partial charge in [0.2, 0.25) is 0 Å². The van der Waals surface area contributed by atoms with E-state index in [2.05, 4.69) is 21.7 Å². The molecule has 2 aromatic carbocycles. The summed E-state index contributed by atoms with van der Waals surface area (Å²) in [6, 6.07) is 19.3. The monoisotopic (exact) mass is 390 g/mol.